The van der Waals surface area contributed by atoms with Gasteiger partial charge in [0.05, 0.1) is 12.2 Å². The smallest absolute Gasteiger partial charge is 0.158 e. The fraction of sp³-hybridized carbons (Fsp3) is 0.379. The van der Waals surface area contributed by atoms with Crippen molar-refractivity contribution in [3.8, 4) is 0 Å². The highest BCUT2D eigenvalue weighted by Gasteiger charge is 2.26. The summed E-state index contributed by atoms with van der Waals surface area (Å²) in [6.45, 7) is 8.58. The minimum absolute atomic E-state index is 0.0972. The van der Waals surface area contributed by atoms with E-state index in [2.05, 4.69) is 105 Å². The van der Waals surface area contributed by atoms with Gasteiger partial charge >= 0.3 is 0 Å². The standard InChI is InChI=1S/C29H35NO2/c1-5-28-20-23(4)31-29(32-28)19-12-24-10-17-27(18-11-24)30(25-13-6-21(2)7-14-25)26-15-8-22(3)9-16-26/h6-11,13-18,23,28-29H,5,12,19-20H2,1-4H3. The van der Waals surface area contributed by atoms with Crippen molar-refractivity contribution in [3.05, 3.63) is 89.5 Å². The largest absolute Gasteiger partial charge is 0.350 e. The molecule has 1 aliphatic heterocycles. The summed E-state index contributed by atoms with van der Waals surface area (Å²) in [4.78, 5) is 2.31. The zero-order valence-corrected chi connectivity index (χ0v) is 19.8. The predicted molar refractivity (Wildman–Crippen MR) is 133 cm³/mol. The maximum Gasteiger partial charge on any atom is 0.158 e. The summed E-state index contributed by atoms with van der Waals surface area (Å²) in [7, 11) is 0. The van der Waals surface area contributed by atoms with Crippen molar-refractivity contribution < 1.29 is 9.47 Å². The van der Waals surface area contributed by atoms with Gasteiger partial charge in [0.1, 0.15) is 0 Å². The highest BCUT2D eigenvalue weighted by molar-refractivity contribution is 5.76. The molecule has 0 radical (unpaired) electrons. The van der Waals surface area contributed by atoms with E-state index in [1.54, 1.807) is 0 Å². The van der Waals surface area contributed by atoms with Gasteiger partial charge in [-0.05, 0) is 82.0 Å². The van der Waals surface area contributed by atoms with Gasteiger partial charge in [0.15, 0.2) is 6.29 Å². The molecule has 3 aromatic carbocycles. The van der Waals surface area contributed by atoms with Crippen molar-refractivity contribution in [3.63, 3.8) is 0 Å². The molecule has 0 aromatic heterocycles. The second kappa shape index (κ2) is 10.3. The Hall–Kier alpha value is -2.62. The second-order valence-corrected chi connectivity index (χ2v) is 8.99. The third-order valence-corrected chi connectivity index (χ3v) is 6.23. The van der Waals surface area contributed by atoms with E-state index in [1.165, 1.54) is 16.7 Å². The summed E-state index contributed by atoms with van der Waals surface area (Å²) in [5.74, 6) is 0. The lowest BCUT2D eigenvalue weighted by Crippen LogP contribution is -2.36. The molecule has 3 aromatic rings. The molecule has 0 N–H and O–H groups in total. The van der Waals surface area contributed by atoms with Crippen molar-refractivity contribution in [2.75, 3.05) is 4.90 Å². The highest BCUT2D eigenvalue weighted by Crippen LogP contribution is 2.35. The SMILES string of the molecule is CCC1CC(C)OC(CCc2ccc(N(c3ccc(C)cc3)c3ccc(C)cc3)cc2)O1. The normalized spacial score (nSPS) is 20.8. The van der Waals surface area contributed by atoms with E-state index in [9.17, 15) is 0 Å². The Morgan fingerprint density at radius 2 is 1.25 bits per heavy atom. The number of aryl methyl sites for hydroxylation is 3. The topological polar surface area (TPSA) is 21.7 Å². The van der Waals surface area contributed by atoms with Gasteiger partial charge in [-0.3, -0.25) is 0 Å². The van der Waals surface area contributed by atoms with Crippen LogP contribution < -0.4 is 4.90 Å². The van der Waals surface area contributed by atoms with Crippen LogP contribution in [0.3, 0.4) is 0 Å². The first kappa shape index (κ1) is 22.6. The first-order valence-corrected chi connectivity index (χ1v) is 11.8. The molecular formula is C29H35NO2. The molecule has 0 bridgehead atoms. The molecule has 1 saturated heterocycles. The van der Waals surface area contributed by atoms with Gasteiger partial charge in [0, 0.05) is 23.5 Å². The van der Waals surface area contributed by atoms with Crippen LogP contribution in [0.5, 0.6) is 0 Å². The Kier molecular flexibility index (Phi) is 7.29. The number of rotatable bonds is 7. The van der Waals surface area contributed by atoms with E-state index in [0.717, 1.165) is 42.7 Å². The monoisotopic (exact) mass is 429 g/mol. The van der Waals surface area contributed by atoms with Crippen molar-refractivity contribution in [2.45, 2.75) is 71.9 Å². The zero-order chi connectivity index (χ0) is 22.5. The van der Waals surface area contributed by atoms with Crippen LogP contribution in [0.2, 0.25) is 0 Å². The van der Waals surface area contributed by atoms with Crippen LogP contribution in [0.15, 0.2) is 72.8 Å². The molecule has 0 saturated carbocycles. The molecule has 3 atom stereocenters. The summed E-state index contributed by atoms with van der Waals surface area (Å²) in [6.07, 6.45) is 4.38. The van der Waals surface area contributed by atoms with E-state index in [1.807, 2.05) is 0 Å². The molecule has 1 aliphatic rings. The molecule has 0 spiro atoms. The molecule has 168 valence electrons. The molecule has 3 unspecified atom stereocenters. The van der Waals surface area contributed by atoms with Gasteiger partial charge in [-0.2, -0.15) is 0 Å². The van der Waals surface area contributed by atoms with Crippen molar-refractivity contribution in [2.24, 2.45) is 0 Å². The zero-order valence-electron chi connectivity index (χ0n) is 19.8. The van der Waals surface area contributed by atoms with E-state index in [0.29, 0.717) is 6.10 Å². The number of hydrogen-bond donors (Lipinski definition) is 0. The summed E-state index contributed by atoms with van der Waals surface area (Å²) in [5.41, 5.74) is 7.32. The summed E-state index contributed by atoms with van der Waals surface area (Å²) in [6, 6.07) is 26.3. The van der Waals surface area contributed by atoms with Gasteiger partial charge in [-0.1, -0.05) is 54.4 Å². The first-order valence-electron chi connectivity index (χ1n) is 11.8. The van der Waals surface area contributed by atoms with Crippen molar-refractivity contribution >= 4 is 17.1 Å². The van der Waals surface area contributed by atoms with E-state index < -0.39 is 0 Å². The minimum Gasteiger partial charge on any atom is -0.350 e. The van der Waals surface area contributed by atoms with Crippen LogP contribution in [0.25, 0.3) is 0 Å². The van der Waals surface area contributed by atoms with Gasteiger partial charge < -0.3 is 14.4 Å². The van der Waals surface area contributed by atoms with E-state index in [4.69, 9.17) is 9.47 Å². The van der Waals surface area contributed by atoms with Crippen LogP contribution in [0, 0.1) is 13.8 Å². The predicted octanol–water partition coefficient (Wildman–Crippen LogP) is 7.64. The molecule has 0 aliphatic carbocycles. The lowest BCUT2D eigenvalue weighted by molar-refractivity contribution is -0.240. The fourth-order valence-electron chi connectivity index (χ4n) is 4.32. The van der Waals surface area contributed by atoms with Gasteiger partial charge in [0.25, 0.3) is 0 Å². The Morgan fingerprint density at radius 1 is 0.750 bits per heavy atom. The number of anilines is 3. The third kappa shape index (κ3) is 5.59. The van der Waals surface area contributed by atoms with Gasteiger partial charge in [-0.25, -0.2) is 0 Å². The Labute approximate surface area is 193 Å². The van der Waals surface area contributed by atoms with E-state index in [-0.39, 0.29) is 12.4 Å². The van der Waals surface area contributed by atoms with Gasteiger partial charge in [0.2, 0.25) is 0 Å². The van der Waals surface area contributed by atoms with Crippen LogP contribution in [-0.4, -0.2) is 18.5 Å². The average molecular weight is 430 g/mol. The second-order valence-electron chi connectivity index (χ2n) is 8.99. The Bertz CT molecular complexity index is 934. The maximum atomic E-state index is 6.09. The van der Waals surface area contributed by atoms with Crippen LogP contribution in [0.4, 0.5) is 17.1 Å². The number of hydrogen-bond acceptors (Lipinski definition) is 3. The molecule has 3 heteroatoms. The molecule has 1 fully saturated rings. The molecular weight excluding hydrogens is 394 g/mol. The number of ether oxygens (including phenoxy) is 2. The number of benzene rings is 3. The maximum absolute atomic E-state index is 6.09. The molecule has 0 amide bonds. The van der Waals surface area contributed by atoms with Gasteiger partial charge in [-0.15, -0.1) is 0 Å². The quantitative estimate of drug-likeness (QED) is 0.385. The molecule has 1 heterocycles. The number of nitrogens with zero attached hydrogens (tertiary/aromatic N) is 1. The lowest BCUT2D eigenvalue weighted by atomic mass is 10.1. The Morgan fingerprint density at radius 3 is 1.75 bits per heavy atom. The Balaban J connectivity index is 1.50. The molecule has 4 rings (SSSR count). The third-order valence-electron chi connectivity index (χ3n) is 6.23. The van der Waals surface area contributed by atoms with Crippen molar-refractivity contribution in [1.29, 1.82) is 0 Å². The summed E-state index contributed by atoms with van der Waals surface area (Å²) >= 11 is 0. The minimum atomic E-state index is -0.0972. The highest BCUT2D eigenvalue weighted by atomic mass is 16.7. The van der Waals surface area contributed by atoms with Crippen molar-refractivity contribution in [1.82, 2.24) is 0 Å². The van der Waals surface area contributed by atoms with Crippen LogP contribution in [-0.2, 0) is 15.9 Å². The molecule has 32 heavy (non-hydrogen) atoms. The fourth-order valence-corrected chi connectivity index (χ4v) is 4.32. The molecule has 3 nitrogen and oxygen atoms in total. The average Bonchev–Trinajstić information content (AvgIpc) is 2.81. The lowest BCUT2D eigenvalue weighted by Gasteiger charge is -2.34. The summed E-state index contributed by atoms with van der Waals surface area (Å²) in [5, 5.41) is 0. The van der Waals surface area contributed by atoms with E-state index >= 15 is 0 Å². The van der Waals surface area contributed by atoms with Crippen LogP contribution >= 0.6 is 0 Å². The summed E-state index contributed by atoms with van der Waals surface area (Å²) < 4.78 is 12.1. The first-order chi connectivity index (χ1) is 15.5. The van der Waals surface area contributed by atoms with Crippen LogP contribution in [0.1, 0.15) is 49.8 Å².